The van der Waals surface area contributed by atoms with Crippen LogP contribution in [0, 0.1) is 0 Å². The number of likely N-dealkylation sites (tertiary alicyclic amines) is 1. The molecule has 8 heteroatoms. The summed E-state index contributed by atoms with van der Waals surface area (Å²) in [6.45, 7) is 3.71. The largest absolute Gasteiger partial charge is 0.465 e. The van der Waals surface area contributed by atoms with E-state index in [9.17, 15) is 14.7 Å². The number of fused-ring (bicyclic) bond motifs is 1. The Labute approximate surface area is 250 Å². The van der Waals surface area contributed by atoms with E-state index >= 15 is 0 Å². The van der Waals surface area contributed by atoms with Crippen molar-refractivity contribution in [2.45, 2.75) is 51.0 Å². The predicted octanol–water partition coefficient (Wildman–Crippen LogP) is 6.90. The zero-order chi connectivity index (χ0) is 29.8. The van der Waals surface area contributed by atoms with Gasteiger partial charge in [-0.3, -0.25) is 9.47 Å². The quantitative estimate of drug-likeness (QED) is 0.199. The number of aromatic nitrogens is 2. The number of aromatic amines is 1. The number of H-pyrrole nitrogens is 1. The first-order valence-corrected chi connectivity index (χ1v) is 14.7. The number of para-hydroxylation sites is 3. The summed E-state index contributed by atoms with van der Waals surface area (Å²) in [7, 11) is 0. The molecule has 1 aliphatic heterocycles. The van der Waals surface area contributed by atoms with Crippen LogP contribution >= 0.6 is 0 Å². The molecule has 1 aromatic heterocycles. The molecule has 5 aromatic rings. The summed E-state index contributed by atoms with van der Waals surface area (Å²) in [5.41, 5.74) is 3.70. The lowest BCUT2D eigenvalue weighted by atomic mass is 9.91. The van der Waals surface area contributed by atoms with E-state index in [1.54, 1.807) is 4.90 Å². The molecule has 0 bridgehead atoms. The molecule has 0 saturated carbocycles. The molecule has 6 rings (SSSR count). The molecule has 43 heavy (non-hydrogen) atoms. The summed E-state index contributed by atoms with van der Waals surface area (Å²) in [6.07, 6.45) is 0.187. The molecule has 0 radical (unpaired) electrons. The van der Waals surface area contributed by atoms with Gasteiger partial charge in [0.15, 0.2) is 0 Å². The van der Waals surface area contributed by atoms with Crippen LogP contribution in [-0.2, 0) is 13.1 Å². The van der Waals surface area contributed by atoms with Gasteiger partial charge in [0, 0.05) is 31.7 Å². The average molecular weight is 577 g/mol. The number of imidazole rings is 1. The summed E-state index contributed by atoms with van der Waals surface area (Å²) in [4.78, 5) is 32.4. The summed E-state index contributed by atoms with van der Waals surface area (Å²) >= 11 is 0. The van der Waals surface area contributed by atoms with Crippen LogP contribution in [0.4, 0.5) is 4.79 Å². The van der Waals surface area contributed by atoms with Gasteiger partial charge in [-0.25, -0.2) is 9.59 Å². The van der Waals surface area contributed by atoms with E-state index < -0.39 is 6.09 Å². The van der Waals surface area contributed by atoms with Crippen LogP contribution in [0.2, 0.25) is 0 Å². The van der Waals surface area contributed by atoms with Crippen molar-refractivity contribution in [3.63, 3.8) is 0 Å². The molecule has 1 aliphatic rings. The second-order valence-corrected chi connectivity index (χ2v) is 11.2. The number of ether oxygens (including phenoxy) is 1. The highest BCUT2D eigenvalue weighted by molar-refractivity contribution is 5.75. The fraction of sp³-hybridized carbons (Fsp3) is 0.257. The number of carboxylic acid groups (broad SMARTS) is 1. The minimum absolute atomic E-state index is 0.118. The minimum Gasteiger partial charge on any atom is -0.465 e. The topological polar surface area (TPSA) is 90.8 Å². The van der Waals surface area contributed by atoms with Gasteiger partial charge in [0.05, 0.1) is 17.1 Å². The van der Waals surface area contributed by atoms with E-state index in [0.717, 1.165) is 33.7 Å². The number of piperidine rings is 1. The predicted molar refractivity (Wildman–Crippen MR) is 167 cm³/mol. The highest BCUT2D eigenvalue weighted by Gasteiger charge is 2.38. The molecule has 1 saturated heterocycles. The molecule has 0 spiro atoms. The van der Waals surface area contributed by atoms with Gasteiger partial charge in [-0.1, -0.05) is 72.8 Å². The molecule has 1 fully saturated rings. The van der Waals surface area contributed by atoms with Gasteiger partial charge in [-0.05, 0) is 67.3 Å². The Balaban J connectivity index is 1.30. The number of rotatable bonds is 9. The lowest BCUT2D eigenvalue weighted by molar-refractivity contribution is 0.0373. The zero-order valence-corrected chi connectivity index (χ0v) is 24.2. The Bertz CT molecular complexity index is 1730. The van der Waals surface area contributed by atoms with E-state index in [4.69, 9.17) is 4.74 Å². The normalized spacial score (nSPS) is 17.7. The maximum absolute atomic E-state index is 13.1. The molecule has 0 aliphatic carbocycles. The third kappa shape index (κ3) is 6.34. The smallest absolute Gasteiger partial charge is 0.407 e. The molecule has 4 aromatic carbocycles. The Kier molecular flexibility index (Phi) is 8.29. The van der Waals surface area contributed by atoms with Gasteiger partial charge >= 0.3 is 11.8 Å². The van der Waals surface area contributed by atoms with Gasteiger partial charge in [0.2, 0.25) is 0 Å². The lowest BCUT2D eigenvalue weighted by Crippen LogP contribution is -2.55. The van der Waals surface area contributed by atoms with Gasteiger partial charge < -0.3 is 19.7 Å². The Morgan fingerprint density at radius 1 is 0.907 bits per heavy atom. The van der Waals surface area contributed by atoms with Crippen molar-refractivity contribution in [3.05, 3.63) is 131 Å². The number of amides is 1. The first kappa shape index (κ1) is 28.3. The van der Waals surface area contributed by atoms with Crippen molar-refractivity contribution in [1.82, 2.24) is 19.4 Å². The van der Waals surface area contributed by atoms with Gasteiger partial charge in [0.25, 0.3) is 0 Å². The van der Waals surface area contributed by atoms with E-state index in [1.165, 1.54) is 0 Å². The number of hydrogen-bond donors (Lipinski definition) is 2. The second kappa shape index (κ2) is 12.6. The number of nitrogens with one attached hydrogen (secondary N) is 1. The molecular formula is C35H36N4O4. The summed E-state index contributed by atoms with van der Waals surface area (Å²) in [5, 5.41) is 10.3. The van der Waals surface area contributed by atoms with Crippen LogP contribution in [-0.4, -0.2) is 49.2 Å². The van der Waals surface area contributed by atoms with Crippen LogP contribution in [0.5, 0.6) is 11.5 Å². The molecule has 1 amide bonds. The Hall–Kier alpha value is -4.82. The molecular weight excluding hydrogens is 540 g/mol. The first-order chi connectivity index (χ1) is 21.0. The van der Waals surface area contributed by atoms with Crippen LogP contribution in [0.25, 0.3) is 11.0 Å². The first-order valence-electron chi connectivity index (χ1n) is 14.7. The van der Waals surface area contributed by atoms with Crippen LogP contribution < -0.4 is 10.4 Å². The fourth-order valence-electron chi connectivity index (χ4n) is 6.32. The summed E-state index contributed by atoms with van der Waals surface area (Å²) in [5.74, 6) is 1.52. The maximum atomic E-state index is 13.1. The Morgan fingerprint density at radius 2 is 1.56 bits per heavy atom. The molecule has 2 heterocycles. The molecule has 2 N–H and O–H groups in total. The minimum atomic E-state index is -0.931. The monoisotopic (exact) mass is 576 g/mol. The van der Waals surface area contributed by atoms with E-state index in [2.05, 4.69) is 35.0 Å². The third-order valence-electron chi connectivity index (χ3n) is 8.48. The number of carbonyl (C=O) groups is 1. The van der Waals surface area contributed by atoms with Crippen molar-refractivity contribution in [1.29, 1.82) is 0 Å². The second-order valence-electron chi connectivity index (χ2n) is 11.2. The van der Waals surface area contributed by atoms with E-state index in [1.807, 2.05) is 95.6 Å². The summed E-state index contributed by atoms with van der Waals surface area (Å²) in [6, 6.07) is 35.1. The molecule has 3 atom stereocenters. The third-order valence-corrected chi connectivity index (χ3v) is 8.48. The number of benzene rings is 4. The van der Waals surface area contributed by atoms with Crippen molar-refractivity contribution in [2.24, 2.45) is 0 Å². The van der Waals surface area contributed by atoms with Gasteiger partial charge in [-0.15, -0.1) is 0 Å². The number of hydrogen-bond acceptors (Lipinski definition) is 4. The number of nitrogens with zero attached hydrogens (tertiary/aromatic N) is 3. The molecule has 3 unspecified atom stereocenters. The average Bonchev–Trinajstić information content (AvgIpc) is 3.37. The standard InChI is InChI=1S/C35H36N4O4/c1-25(33-22-28(19-20-38(33)35(41)42)39-32-18-9-8-17-31(32)36-34(39)40)37(23-26-11-4-2-5-12-26)24-27-13-10-16-30(21-27)43-29-14-6-3-7-15-29/h2-18,21,25,28,33H,19-20,22-24H2,1H3,(H,36,40)(H,41,42). The fourth-order valence-corrected chi connectivity index (χ4v) is 6.32. The van der Waals surface area contributed by atoms with Crippen molar-refractivity contribution in [3.8, 4) is 11.5 Å². The molecule has 220 valence electrons. The van der Waals surface area contributed by atoms with Crippen LogP contribution in [0.3, 0.4) is 0 Å². The van der Waals surface area contributed by atoms with Gasteiger partial charge in [0.1, 0.15) is 11.5 Å². The lowest BCUT2D eigenvalue weighted by Gasteiger charge is -2.44. The highest BCUT2D eigenvalue weighted by atomic mass is 16.5. The van der Waals surface area contributed by atoms with E-state index in [0.29, 0.717) is 32.5 Å². The Morgan fingerprint density at radius 3 is 2.33 bits per heavy atom. The van der Waals surface area contributed by atoms with Crippen LogP contribution in [0.15, 0.2) is 114 Å². The van der Waals surface area contributed by atoms with Crippen molar-refractivity contribution < 1.29 is 14.6 Å². The molecule has 8 nitrogen and oxygen atoms in total. The van der Waals surface area contributed by atoms with Crippen molar-refractivity contribution >= 4 is 17.1 Å². The zero-order valence-electron chi connectivity index (χ0n) is 24.2. The maximum Gasteiger partial charge on any atom is 0.407 e. The van der Waals surface area contributed by atoms with E-state index in [-0.39, 0.29) is 23.8 Å². The van der Waals surface area contributed by atoms with Crippen molar-refractivity contribution in [2.75, 3.05) is 6.54 Å². The highest BCUT2D eigenvalue weighted by Crippen LogP contribution is 2.33. The SMILES string of the molecule is CC(C1CC(n2c(=O)[nH]c3ccccc32)CCN1C(=O)O)N(Cc1ccccc1)Cc1cccc(Oc2ccccc2)c1. The summed E-state index contributed by atoms with van der Waals surface area (Å²) < 4.78 is 7.93. The van der Waals surface area contributed by atoms with Gasteiger partial charge in [-0.2, -0.15) is 0 Å². The van der Waals surface area contributed by atoms with Crippen LogP contribution in [0.1, 0.15) is 36.9 Å².